The van der Waals surface area contributed by atoms with Crippen LogP contribution in [0.1, 0.15) is 51.9 Å². The van der Waals surface area contributed by atoms with Gasteiger partial charge in [-0.3, -0.25) is 9.89 Å². The van der Waals surface area contributed by atoms with E-state index in [2.05, 4.69) is 29.0 Å². The van der Waals surface area contributed by atoms with Gasteiger partial charge in [-0.1, -0.05) is 31.9 Å². The van der Waals surface area contributed by atoms with Gasteiger partial charge in [-0.25, -0.2) is 0 Å². The number of aliphatic imine (C=N–C) groups is 1. The molecule has 104 valence electrons. The highest BCUT2D eigenvalue weighted by Crippen LogP contribution is 2.14. The van der Waals surface area contributed by atoms with Crippen molar-refractivity contribution in [3.63, 3.8) is 0 Å². The number of nitrogens with zero attached hydrogens (tertiary/aromatic N) is 2. The van der Waals surface area contributed by atoms with Crippen molar-refractivity contribution in [1.29, 1.82) is 0 Å². The van der Waals surface area contributed by atoms with E-state index in [0.29, 0.717) is 6.17 Å². The maximum absolute atomic E-state index is 5.60. The topological polar surface area (TPSA) is 41.6 Å². The van der Waals surface area contributed by atoms with E-state index in [1.54, 1.807) is 0 Å². The third-order valence-electron chi connectivity index (χ3n) is 3.39. The summed E-state index contributed by atoms with van der Waals surface area (Å²) >= 11 is 0. The molecule has 18 heavy (non-hydrogen) atoms. The minimum atomic E-state index is 0.407. The molecule has 0 saturated heterocycles. The van der Waals surface area contributed by atoms with Gasteiger partial charge in [0.15, 0.2) is 0 Å². The van der Waals surface area contributed by atoms with Crippen LogP contribution >= 0.6 is 0 Å². The van der Waals surface area contributed by atoms with Gasteiger partial charge in [0.05, 0.1) is 0 Å². The van der Waals surface area contributed by atoms with Crippen LogP contribution in [0.15, 0.2) is 17.1 Å². The third kappa shape index (κ3) is 6.31. The average Bonchev–Trinajstić information content (AvgIpc) is 2.81. The molecule has 0 amide bonds. The van der Waals surface area contributed by atoms with E-state index in [1.807, 2.05) is 6.21 Å². The average molecular weight is 251 g/mol. The molecule has 2 N–H and O–H groups in total. The summed E-state index contributed by atoms with van der Waals surface area (Å²) < 4.78 is 0. The fraction of sp³-hybridized carbons (Fsp3) is 0.800. The highest BCUT2D eigenvalue weighted by atomic mass is 15.3. The van der Waals surface area contributed by atoms with Crippen molar-refractivity contribution in [2.45, 2.75) is 58.0 Å². The van der Waals surface area contributed by atoms with E-state index < -0.39 is 0 Å². The Balaban J connectivity index is 1.98. The van der Waals surface area contributed by atoms with Crippen LogP contribution in [0.2, 0.25) is 0 Å². The maximum atomic E-state index is 5.60. The minimum absolute atomic E-state index is 0.407. The van der Waals surface area contributed by atoms with Crippen molar-refractivity contribution >= 4 is 6.21 Å². The zero-order chi connectivity index (χ0) is 13.1. The van der Waals surface area contributed by atoms with Crippen molar-refractivity contribution in [1.82, 2.24) is 4.90 Å². The van der Waals surface area contributed by atoms with Crippen molar-refractivity contribution in [3.05, 3.63) is 12.2 Å². The molecule has 0 aromatic heterocycles. The Hall–Kier alpha value is -0.670. The Morgan fingerprint density at radius 3 is 2.89 bits per heavy atom. The molecule has 0 fully saturated rings. The molecular formula is C15H29N3. The van der Waals surface area contributed by atoms with E-state index in [0.717, 1.165) is 19.6 Å². The summed E-state index contributed by atoms with van der Waals surface area (Å²) in [5, 5.41) is 0. The van der Waals surface area contributed by atoms with Crippen LogP contribution < -0.4 is 5.73 Å². The lowest BCUT2D eigenvalue weighted by Gasteiger charge is -2.21. The number of unbranched alkanes of at least 4 members (excludes halogenated alkanes) is 4. The van der Waals surface area contributed by atoms with E-state index in [-0.39, 0.29) is 0 Å². The summed E-state index contributed by atoms with van der Waals surface area (Å²) in [7, 11) is 0. The van der Waals surface area contributed by atoms with Gasteiger partial charge in [-0.05, 0) is 32.1 Å². The van der Waals surface area contributed by atoms with Gasteiger partial charge in [-0.15, -0.1) is 0 Å². The zero-order valence-electron chi connectivity index (χ0n) is 11.9. The quantitative estimate of drug-likeness (QED) is 0.479. The summed E-state index contributed by atoms with van der Waals surface area (Å²) in [5.74, 6) is 0. The van der Waals surface area contributed by atoms with Crippen molar-refractivity contribution in [2.75, 3.05) is 19.6 Å². The van der Waals surface area contributed by atoms with Gasteiger partial charge >= 0.3 is 0 Å². The molecule has 1 unspecified atom stereocenters. The van der Waals surface area contributed by atoms with Gasteiger partial charge in [0.25, 0.3) is 0 Å². The lowest BCUT2D eigenvalue weighted by molar-refractivity contribution is 0.241. The highest BCUT2D eigenvalue weighted by molar-refractivity contribution is 5.62. The van der Waals surface area contributed by atoms with Gasteiger partial charge in [0.2, 0.25) is 0 Å². The van der Waals surface area contributed by atoms with Crippen LogP contribution in [-0.2, 0) is 0 Å². The molecule has 1 rings (SSSR count). The van der Waals surface area contributed by atoms with Crippen LogP contribution in [0.5, 0.6) is 0 Å². The Bertz CT molecular complexity index is 248. The number of hydrogen-bond donors (Lipinski definition) is 1. The number of allylic oxidation sites excluding steroid dienone is 2. The molecule has 1 heterocycles. The van der Waals surface area contributed by atoms with Crippen molar-refractivity contribution in [2.24, 2.45) is 10.7 Å². The van der Waals surface area contributed by atoms with E-state index in [9.17, 15) is 0 Å². The zero-order valence-corrected chi connectivity index (χ0v) is 11.9. The Labute approximate surface area is 112 Å². The first-order valence-electron chi connectivity index (χ1n) is 7.49. The monoisotopic (exact) mass is 251 g/mol. The van der Waals surface area contributed by atoms with Gasteiger partial charge in [0, 0.05) is 25.8 Å². The maximum Gasteiger partial charge on any atom is 0.102 e. The summed E-state index contributed by atoms with van der Waals surface area (Å²) in [6.45, 7) is 4.92. The van der Waals surface area contributed by atoms with Crippen molar-refractivity contribution in [3.8, 4) is 0 Å². The molecule has 0 radical (unpaired) electrons. The van der Waals surface area contributed by atoms with Crippen molar-refractivity contribution < 1.29 is 0 Å². The fourth-order valence-electron chi connectivity index (χ4n) is 2.32. The molecule has 0 aliphatic carbocycles. The summed E-state index contributed by atoms with van der Waals surface area (Å²) in [4.78, 5) is 6.90. The van der Waals surface area contributed by atoms with E-state index in [1.165, 1.54) is 44.9 Å². The number of hydrogen-bond acceptors (Lipinski definition) is 3. The molecule has 3 heteroatoms. The van der Waals surface area contributed by atoms with Crippen LogP contribution in [0.3, 0.4) is 0 Å². The molecule has 0 spiro atoms. The standard InChI is InChI=1S/C15H29N3/c1-2-3-4-5-6-7-8-9-10-15-17-12-14-18(15)13-11-16/h4-5,12,15H,2-3,6-11,13-14,16H2,1H3/b5-4+. The highest BCUT2D eigenvalue weighted by Gasteiger charge is 2.18. The van der Waals surface area contributed by atoms with Crippen LogP contribution in [-0.4, -0.2) is 36.9 Å². The smallest absolute Gasteiger partial charge is 0.102 e. The second-order valence-corrected chi connectivity index (χ2v) is 4.99. The molecule has 0 bridgehead atoms. The molecule has 1 atom stereocenters. The predicted octanol–water partition coefficient (Wildman–Crippen LogP) is 2.96. The van der Waals surface area contributed by atoms with E-state index in [4.69, 9.17) is 5.73 Å². The predicted molar refractivity (Wildman–Crippen MR) is 80.0 cm³/mol. The molecule has 0 aromatic rings. The minimum Gasteiger partial charge on any atom is -0.329 e. The Kier molecular flexibility index (Phi) is 8.78. The Morgan fingerprint density at radius 1 is 1.28 bits per heavy atom. The summed E-state index contributed by atoms with van der Waals surface area (Å²) in [6, 6.07) is 0. The second kappa shape index (κ2) is 10.3. The normalized spacial score (nSPS) is 20.2. The number of nitrogens with two attached hydrogens (primary N) is 1. The third-order valence-corrected chi connectivity index (χ3v) is 3.39. The lowest BCUT2D eigenvalue weighted by atomic mass is 10.1. The first kappa shape index (κ1) is 15.4. The van der Waals surface area contributed by atoms with Crippen LogP contribution in [0.4, 0.5) is 0 Å². The molecule has 3 nitrogen and oxygen atoms in total. The first-order chi connectivity index (χ1) is 8.88. The van der Waals surface area contributed by atoms with Crippen LogP contribution in [0.25, 0.3) is 0 Å². The first-order valence-corrected chi connectivity index (χ1v) is 7.49. The van der Waals surface area contributed by atoms with Crippen LogP contribution in [0, 0.1) is 0 Å². The molecule has 0 saturated carbocycles. The largest absolute Gasteiger partial charge is 0.329 e. The fourth-order valence-corrected chi connectivity index (χ4v) is 2.32. The number of rotatable bonds is 10. The molecule has 1 aliphatic heterocycles. The van der Waals surface area contributed by atoms with Gasteiger partial charge in [-0.2, -0.15) is 0 Å². The summed E-state index contributed by atoms with van der Waals surface area (Å²) in [6.07, 6.45) is 15.9. The Morgan fingerprint density at radius 2 is 2.11 bits per heavy atom. The molecule has 1 aliphatic rings. The lowest BCUT2D eigenvalue weighted by Crippen LogP contribution is -2.34. The second-order valence-electron chi connectivity index (χ2n) is 4.99. The van der Waals surface area contributed by atoms with Gasteiger partial charge in [0.1, 0.15) is 6.17 Å². The van der Waals surface area contributed by atoms with Gasteiger partial charge < -0.3 is 5.73 Å². The van der Waals surface area contributed by atoms with E-state index >= 15 is 0 Å². The molecule has 0 aromatic carbocycles. The summed E-state index contributed by atoms with van der Waals surface area (Å²) in [5.41, 5.74) is 5.60. The molecular weight excluding hydrogens is 222 g/mol. The SMILES string of the molecule is CCC/C=C/CCCCCC1N=CCN1CCN.